The molecule has 112 valence electrons. The monoisotopic (exact) mass is 382 g/mol. The highest BCUT2D eigenvalue weighted by Crippen LogP contribution is 2.40. The van der Waals surface area contributed by atoms with Crippen LogP contribution < -0.4 is 0 Å². The minimum Gasteiger partial charge on any atom is -0.480 e. The Morgan fingerprint density at radius 3 is 2.76 bits per heavy atom. The van der Waals surface area contributed by atoms with Crippen molar-refractivity contribution in [2.75, 3.05) is 0 Å². The zero-order valence-electron chi connectivity index (χ0n) is 10.0. The Bertz CT molecular complexity index is 677. The second-order valence-electron chi connectivity index (χ2n) is 3.75. The predicted octanol–water partition coefficient (Wildman–Crippen LogP) is 2.69. The van der Waals surface area contributed by atoms with E-state index >= 15 is 0 Å². The highest BCUT2D eigenvalue weighted by atomic mass is 79.9. The summed E-state index contributed by atoms with van der Waals surface area (Å²) in [5, 5.41) is 18.9. The van der Waals surface area contributed by atoms with Gasteiger partial charge in [-0.1, -0.05) is 15.9 Å². The summed E-state index contributed by atoms with van der Waals surface area (Å²) in [7, 11) is 0. The third kappa shape index (κ3) is 3.94. The van der Waals surface area contributed by atoms with Gasteiger partial charge >= 0.3 is 12.1 Å². The average molecular weight is 383 g/mol. The fourth-order valence-corrected chi connectivity index (χ4v) is 2.67. The van der Waals surface area contributed by atoms with Crippen LogP contribution in [0.2, 0.25) is 0 Å². The van der Waals surface area contributed by atoms with E-state index in [1.165, 1.54) is 12.1 Å². The first-order valence-corrected chi connectivity index (χ1v) is 6.91. The summed E-state index contributed by atoms with van der Waals surface area (Å²) in [6, 6.07) is 3.65. The topological polar surface area (TPSA) is 80.9 Å². The van der Waals surface area contributed by atoms with Crippen molar-refractivity contribution in [1.82, 2.24) is 20.2 Å². The Hall–Kier alpha value is -1.62. The lowest BCUT2D eigenvalue weighted by Crippen LogP contribution is -2.12. The molecule has 0 amide bonds. The molecule has 2 aromatic rings. The zero-order valence-corrected chi connectivity index (χ0v) is 12.4. The smallest absolute Gasteiger partial charge is 0.417 e. The SMILES string of the molecule is O=C(O)Cn1nnnc1Sc1ccc(Br)cc1C(F)(F)F. The van der Waals surface area contributed by atoms with Crippen molar-refractivity contribution < 1.29 is 23.1 Å². The molecule has 0 aliphatic rings. The van der Waals surface area contributed by atoms with Crippen LogP contribution in [0.1, 0.15) is 5.56 Å². The maximum absolute atomic E-state index is 13.0. The van der Waals surface area contributed by atoms with Crippen LogP contribution in [-0.4, -0.2) is 31.3 Å². The number of carboxylic acid groups (broad SMARTS) is 1. The summed E-state index contributed by atoms with van der Waals surface area (Å²) in [4.78, 5) is 10.5. The second kappa shape index (κ2) is 6.02. The second-order valence-corrected chi connectivity index (χ2v) is 5.68. The summed E-state index contributed by atoms with van der Waals surface area (Å²) >= 11 is 3.63. The lowest BCUT2D eigenvalue weighted by Gasteiger charge is -2.12. The van der Waals surface area contributed by atoms with Crippen LogP contribution in [0, 0.1) is 0 Å². The molecule has 0 unspecified atom stereocenters. The largest absolute Gasteiger partial charge is 0.480 e. The van der Waals surface area contributed by atoms with Crippen molar-refractivity contribution in [2.24, 2.45) is 0 Å². The van der Waals surface area contributed by atoms with Gasteiger partial charge in [0.25, 0.3) is 0 Å². The molecule has 1 heterocycles. The van der Waals surface area contributed by atoms with Crippen molar-refractivity contribution in [2.45, 2.75) is 22.8 Å². The number of tetrazole rings is 1. The molecule has 1 N–H and O–H groups in total. The highest BCUT2D eigenvalue weighted by Gasteiger charge is 2.34. The molecule has 0 saturated heterocycles. The molecule has 1 aromatic heterocycles. The molecule has 0 bridgehead atoms. The normalized spacial score (nSPS) is 11.6. The third-order valence-electron chi connectivity index (χ3n) is 2.23. The highest BCUT2D eigenvalue weighted by molar-refractivity contribution is 9.10. The molecule has 0 atom stereocenters. The van der Waals surface area contributed by atoms with Gasteiger partial charge in [0.05, 0.1) is 5.56 Å². The Morgan fingerprint density at radius 1 is 1.43 bits per heavy atom. The Labute approximate surface area is 128 Å². The lowest BCUT2D eigenvalue weighted by molar-refractivity contribution is -0.140. The van der Waals surface area contributed by atoms with Crippen molar-refractivity contribution in [1.29, 1.82) is 0 Å². The number of hydrogen-bond donors (Lipinski definition) is 1. The molecule has 0 spiro atoms. The van der Waals surface area contributed by atoms with Gasteiger partial charge in [-0.15, -0.1) is 5.10 Å². The number of aliphatic carboxylic acids is 1. The summed E-state index contributed by atoms with van der Waals surface area (Å²) in [5.74, 6) is -1.20. The van der Waals surface area contributed by atoms with Crippen LogP contribution >= 0.6 is 27.7 Å². The van der Waals surface area contributed by atoms with Gasteiger partial charge < -0.3 is 5.11 Å². The summed E-state index contributed by atoms with van der Waals surface area (Å²) in [6.45, 7) is -0.535. The third-order valence-corrected chi connectivity index (χ3v) is 3.78. The number of nitrogens with zero attached hydrogens (tertiary/aromatic N) is 4. The lowest BCUT2D eigenvalue weighted by atomic mass is 10.2. The van der Waals surface area contributed by atoms with Crippen LogP contribution in [0.15, 0.2) is 32.7 Å². The molecule has 0 radical (unpaired) electrons. The molecule has 6 nitrogen and oxygen atoms in total. The van der Waals surface area contributed by atoms with E-state index in [1.807, 2.05) is 0 Å². The first-order valence-electron chi connectivity index (χ1n) is 5.30. The van der Waals surface area contributed by atoms with Crippen LogP contribution in [0.25, 0.3) is 0 Å². The predicted molar refractivity (Wildman–Crippen MR) is 68.7 cm³/mol. The zero-order chi connectivity index (χ0) is 15.6. The quantitative estimate of drug-likeness (QED) is 0.875. The number of hydrogen-bond acceptors (Lipinski definition) is 5. The van der Waals surface area contributed by atoms with E-state index < -0.39 is 24.3 Å². The Morgan fingerprint density at radius 2 is 2.14 bits per heavy atom. The van der Waals surface area contributed by atoms with Gasteiger partial charge in [0, 0.05) is 9.37 Å². The van der Waals surface area contributed by atoms with Gasteiger partial charge in [-0.05, 0) is 40.4 Å². The van der Waals surface area contributed by atoms with Crippen LogP contribution in [-0.2, 0) is 17.5 Å². The average Bonchev–Trinajstić information content (AvgIpc) is 2.77. The molecule has 0 fully saturated rings. The van der Waals surface area contributed by atoms with Crippen molar-refractivity contribution in [3.8, 4) is 0 Å². The van der Waals surface area contributed by atoms with E-state index in [-0.39, 0.29) is 14.5 Å². The maximum Gasteiger partial charge on any atom is 0.417 e. The number of carboxylic acids is 1. The van der Waals surface area contributed by atoms with E-state index in [2.05, 4.69) is 31.5 Å². The molecule has 0 saturated carbocycles. The summed E-state index contributed by atoms with van der Waals surface area (Å²) in [6.07, 6.45) is -4.54. The molecule has 0 aliphatic heterocycles. The van der Waals surface area contributed by atoms with E-state index in [0.29, 0.717) is 11.8 Å². The van der Waals surface area contributed by atoms with Gasteiger partial charge in [0.1, 0.15) is 6.54 Å². The van der Waals surface area contributed by atoms with E-state index in [9.17, 15) is 18.0 Å². The van der Waals surface area contributed by atoms with Crippen molar-refractivity contribution in [3.05, 3.63) is 28.2 Å². The Balaban J connectivity index is 2.36. The molecule has 21 heavy (non-hydrogen) atoms. The van der Waals surface area contributed by atoms with Gasteiger partial charge in [-0.2, -0.15) is 13.2 Å². The van der Waals surface area contributed by atoms with E-state index in [4.69, 9.17) is 5.11 Å². The number of aromatic nitrogens is 4. The molecule has 1 aromatic carbocycles. The first kappa shape index (κ1) is 15.8. The van der Waals surface area contributed by atoms with Crippen LogP contribution in [0.3, 0.4) is 0 Å². The number of benzene rings is 1. The van der Waals surface area contributed by atoms with Crippen molar-refractivity contribution >= 4 is 33.7 Å². The summed E-state index contributed by atoms with van der Waals surface area (Å²) < 4.78 is 40.1. The molecule has 11 heteroatoms. The molecular formula is C10H6BrF3N4O2S. The fourth-order valence-electron chi connectivity index (χ4n) is 1.41. The molecule has 2 rings (SSSR count). The maximum atomic E-state index is 13.0. The first-order chi connectivity index (χ1) is 9.77. The molecule has 0 aliphatic carbocycles. The Kier molecular flexibility index (Phi) is 4.52. The number of halogens is 4. The van der Waals surface area contributed by atoms with Gasteiger partial charge in [0.15, 0.2) is 0 Å². The molecular weight excluding hydrogens is 377 g/mol. The number of carbonyl (C=O) groups is 1. The van der Waals surface area contributed by atoms with Gasteiger partial charge in [-0.25, -0.2) is 4.68 Å². The fraction of sp³-hybridized carbons (Fsp3) is 0.200. The standard InChI is InChI=1S/C10H6BrF3N4O2S/c11-5-1-2-7(6(3-5)10(12,13)14)21-9-15-16-17-18(9)4-8(19)20/h1-3H,4H2,(H,19,20). The van der Waals surface area contributed by atoms with E-state index in [0.717, 1.165) is 10.7 Å². The van der Waals surface area contributed by atoms with Crippen molar-refractivity contribution in [3.63, 3.8) is 0 Å². The summed E-state index contributed by atoms with van der Waals surface area (Å²) in [5.41, 5.74) is -0.855. The minimum atomic E-state index is -4.54. The minimum absolute atomic E-state index is 0.0368. The number of alkyl halides is 3. The van der Waals surface area contributed by atoms with E-state index in [1.54, 1.807) is 0 Å². The number of rotatable bonds is 4. The van der Waals surface area contributed by atoms with Gasteiger partial charge in [-0.3, -0.25) is 4.79 Å². The van der Waals surface area contributed by atoms with Gasteiger partial charge in [0.2, 0.25) is 5.16 Å². The van der Waals surface area contributed by atoms with Crippen LogP contribution in [0.4, 0.5) is 13.2 Å². The van der Waals surface area contributed by atoms with Crippen LogP contribution in [0.5, 0.6) is 0 Å².